The van der Waals surface area contributed by atoms with E-state index in [-0.39, 0.29) is 11.1 Å². The zero-order valence-corrected chi connectivity index (χ0v) is 17.5. The van der Waals surface area contributed by atoms with Crippen molar-refractivity contribution in [2.75, 3.05) is 24.5 Å². The van der Waals surface area contributed by atoms with E-state index in [1.54, 1.807) is 6.07 Å². The molecule has 33 heavy (non-hydrogen) atoms. The third kappa shape index (κ3) is 4.33. The standard InChI is InChI=1S/C22H21F3N6O2/c23-22(24,25)16-9-15(2-1-14(16)11-26)30-7-3-21(4-8-30)10-18(19(27)32)31(13-21)20(33)17-12-28-5-6-29-17/h1-2,5-6,9,12,18H,3-4,7-8,10,13H2,(H2,27,32). The number of nitrogens with zero attached hydrogens (tertiary/aromatic N) is 5. The highest BCUT2D eigenvalue weighted by molar-refractivity contribution is 5.96. The number of piperidine rings is 1. The quantitative estimate of drug-likeness (QED) is 0.755. The zero-order valence-electron chi connectivity index (χ0n) is 17.5. The molecule has 2 saturated heterocycles. The van der Waals surface area contributed by atoms with Crippen LogP contribution in [-0.4, -0.2) is 52.4 Å². The molecule has 2 amide bonds. The van der Waals surface area contributed by atoms with Crippen LogP contribution in [0.25, 0.3) is 0 Å². The Balaban J connectivity index is 1.52. The second kappa shape index (κ2) is 8.35. The van der Waals surface area contributed by atoms with Gasteiger partial charge in [-0.1, -0.05) is 0 Å². The Kier molecular flexibility index (Phi) is 5.69. The van der Waals surface area contributed by atoms with Crippen LogP contribution >= 0.6 is 0 Å². The summed E-state index contributed by atoms with van der Waals surface area (Å²) in [4.78, 5) is 36.2. The van der Waals surface area contributed by atoms with Crippen LogP contribution in [0.1, 0.15) is 40.9 Å². The molecule has 172 valence electrons. The summed E-state index contributed by atoms with van der Waals surface area (Å²) in [6, 6.07) is 4.50. The summed E-state index contributed by atoms with van der Waals surface area (Å²) >= 11 is 0. The fraction of sp³-hybridized carbons (Fsp3) is 0.409. The number of carbonyl (C=O) groups is 2. The molecule has 1 aromatic carbocycles. The molecule has 8 nitrogen and oxygen atoms in total. The first-order valence-corrected chi connectivity index (χ1v) is 10.4. The molecule has 0 bridgehead atoms. The van der Waals surface area contributed by atoms with E-state index in [1.165, 1.54) is 35.6 Å². The van der Waals surface area contributed by atoms with E-state index in [9.17, 15) is 22.8 Å². The molecule has 0 aliphatic carbocycles. The fourth-order valence-electron chi connectivity index (χ4n) is 4.74. The van der Waals surface area contributed by atoms with Crippen molar-refractivity contribution in [2.24, 2.45) is 11.1 Å². The molecule has 2 N–H and O–H groups in total. The molecule has 3 heterocycles. The first kappa shape index (κ1) is 22.5. The van der Waals surface area contributed by atoms with Crippen LogP contribution < -0.4 is 10.6 Å². The summed E-state index contributed by atoms with van der Waals surface area (Å²) in [7, 11) is 0. The Morgan fingerprint density at radius 1 is 1.21 bits per heavy atom. The number of rotatable bonds is 3. The van der Waals surface area contributed by atoms with Crippen LogP contribution in [-0.2, 0) is 11.0 Å². The van der Waals surface area contributed by atoms with Crippen molar-refractivity contribution in [3.8, 4) is 6.07 Å². The van der Waals surface area contributed by atoms with E-state index in [0.717, 1.165) is 6.07 Å². The highest BCUT2D eigenvalue weighted by Gasteiger charge is 2.49. The minimum Gasteiger partial charge on any atom is -0.371 e. The molecule has 4 rings (SSSR count). The summed E-state index contributed by atoms with van der Waals surface area (Å²) in [5.41, 5.74) is 4.34. The Bertz CT molecular complexity index is 1110. The van der Waals surface area contributed by atoms with Crippen molar-refractivity contribution >= 4 is 17.5 Å². The molecule has 2 aliphatic heterocycles. The molecule has 2 aliphatic rings. The molecule has 0 saturated carbocycles. The van der Waals surface area contributed by atoms with Gasteiger partial charge in [-0.25, -0.2) is 4.98 Å². The van der Waals surface area contributed by atoms with Gasteiger partial charge in [-0.2, -0.15) is 18.4 Å². The number of amides is 2. The number of aromatic nitrogens is 2. The van der Waals surface area contributed by atoms with E-state index in [1.807, 2.05) is 4.90 Å². The van der Waals surface area contributed by atoms with Gasteiger partial charge in [-0.15, -0.1) is 0 Å². The zero-order chi connectivity index (χ0) is 23.8. The van der Waals surface area contributed by atoms with E-state index < -0.39 is 35.2 Å². The molecule has 1 atom stereocenters. The van der Waals surface area contributed by atoms with Gasteiger partial charge in [-0.05, 0) is 42.9 Å². The van der Waals surface area contributed by atoms with Gasteiger partial charge in [0.2, 0.25) is 5.91 Å². The lowest BCUT2D eigenvalue weighted by molar-refractivity contribution is -0.137. The number of anilines is 1. The molecule has 1 spiro atoms. The first-order chi connectivity index (χ1) is 15.6. The maximum Gasteiger partial charge on any atom is 0.417 e. The molecular weight excluding hydrogens is 437 g/mol. The number of likely N-dealkylation sites (tertiary alicyclic amines) is 1. The summed E-state index contributed by atoms with van der Waals surface area (Å²) in [6.07, 6.45) is 1.07. The summed E-state index contributed by atoms with van der Waals surface area (Å²) in [5, 5.41) is 9.00. The van der Waals surface area contributed by atoms with Crippen molar-refractivity contribution in [2.45, 2.75) is 31.5 Å². The van der Waals surface area contributed by atoms with Crippen LogP contribution in [0, 0.1) is 16.7 Å². The second-order valence-electron chi connectivity index (χ2n) is 8.47. The van der Waals surface area contributed by atoms with Crippen LogP contribution in [0.15, 0.2) is 36.8 Å². The Morgan fingerprint density at radius 2 is 1.94 bits per heavy atom. The van der Waals surface area contributed by atoms with Gasteiger partial charge in [0.25, 0.3) is 5.91 Å². The van der Waals surface area contributed by atoms with Crippen molar-refractivity contribution in [1.82, 2.24) is 14.9 Å². The first-order valence-electron chi connectivity index (χ1n) is 10.4. The maximum atomic E-state index is 13.3. The smallest absolute Gasteiger partial charge is 0.371 e. The Hall–Kier alpha value is -3.68. The predicted molar refractivity (Wildman–Crippen MR) is 111 cm³/mol. The Morgan fingerprint density at radius 3 is 2.52 bits per heavy atom. The van der Waals surface area contributed by atoms with Crippen molar-refractivity contribution in [1.29, 1.82) is 5.26 Å². The third-order valence-corrected chi connectivity index (χ3v) is 6.50. The number of benzene rings is 1. The molecule has 0 radical (unpaired) electrons. The van der Waals surface area contributed by atoms with E-state index in [4.69, 9.17) is 11.0 Å². The normalized spacial score (nSPS) is 20.0. The van der Waals surface area contributed by atoms with Gasteiger partial charge in [0.1, 0.15) is 11.7 Å². The largest absolute Gasteiger partial charge is 0.417 e. The Labute approximate surface area is 187 Å². The highest BCUT2D eigenvalue weighted by atomic mass is 19.4. The average Bonchev–Trinajstić information content (AvgIpc) is 3.18. The lowest BCUT2D eigenvalue weighted by Crippen LogP contribution is -2.44. The van der Waals surface area contributed by atoms with Crippen LogP contribution in [0.3, 0.4) is 0 Å². The molecule has 2 aromatic rings. The number of nitrogens with two attached hydrogens (primary N) is 1. The molecule has 11 heteroatoms. The van der Waals surface area contributed by atoms with E-state index in [0.29, 0.717) is 44.6 Å². The minimum atomic E-state index is -4.63. The second-order valence-corrected chi connectivity index (χ2v) is 8.47. The number of carbonyl (C=O) groups excluding carboxylic acids is 2. The number of hydrogen-bond donors (Lipinski definition) is 1. The summed E-state index contributed by atoms with van der Waals surface area (Å²) < 4.78 is 40.0. The molecule has 2 fully saturated rings. The SMILES string of the molecule is N#Cc1ccc(N2CCC3(CC2)CC(C(N)=O)N(C(=O)c2cnccn2)C3)cc1C(F)(F)F. The number of alkyl halides is 3. The topological polar surface area (TPSA) is 116 Å². The molecular formula is C22H21F3N6O2. The highest BCUT2D eigenvalue weighted by Crippen LogP contribution is 2.45. The van der Waals surface area contributed by atoms with Gasteiger partial charge in [-0.3, -0.25) is 14.6 Å². The van der Waals surface area contributed by atoms with Gasteiger partial charge < -0.3 is 15.5 Å². The monoisotopic (exact) mass is 458 g/mol. The number of nitriles is 1. The van der Waals surface area contributed by atoms with Gasteiger partial charge in [0.15, 0.2) is 0 Å². The number of hydrogen-bond acceptors (Lipinski definition) is 6. The number of halogens is 3. The average molecular weight is 458 g/mol. The van der Waals surface area contributed by atoms with Gasteiger partial charge >= 0.3 is 6.18 Å². The van der Waals surface area contributed by atoms with Crippen molar-refractivity contribution in [3.05, 3.63) is 53.6 Å². The van der Waals surface area contributed by atoms with Crippen molar-refractivity contribution < 1.29 is 22.8 Å². The number of primary amides is 1. The minimum absolute atomic E-state index is 0.121. The summed E-state index contributed by atoms with van der Waals surface area (Å²) in [6.45, 7) is 1.20. The summed E-state index contributed by atoms with van der Waals surface area (Å²) in [5.74, 6) is -1.03. The van der Waals surface area contributed by atoms with E-state index in [2.05, 4.69) is 9.97 Å². The van der Waals surface area contributed by atoms with E-state index >= 15 is 0 Å². The van der Waals surface area contributed by atoms with Crippen LogP contribution in [0.5, 0.6) is 0 Å². The van der Waals surface area contributed by atoms with Gasteiger partial charge in [0.05, 0.1) is 23.4 Å². The van der Waals surface area contributed by atoms with Crippen LogP contribution in [0.2, 0.25) is 0 Å². The predicted octanol–water partition coefficient (Wildman–Crippen LogP) is 2.35. The lowest BCUT2D eigenvalue weighted by atomic mass is 9.76. The molecule has 1 unspecified atom stereocenters. The molecule has 1 aromatic heterocycles. The fourth-order valence-corrected chi connectivity index (χ4v) is 4.74. The maximum absolute atomic E-state index is 13.3. The lowest BCUT2D eigenvalue weighted by Gasteiger charge is -2.40. The van der Waals surface area contributed by atoms with Crippen LogP contribution in [0.4, 0.5) is 18.9 Å². The third-order valence-electron chi connectivity index (χ3n) is 6.50. The van der Waals surface area contributed by atoms with Crippen molar-refractivity contribution in [3.63, 3.8) is 0 Å². The van der Waals surface area contributed by atoms with Gasteiger partial charge in [0, 0.05) is 37.7 Å².